The van der Waals surface area contributed by atoms with Gasteiger partial charge in [0.25, 0.3) is 5.91 Å². The van der Waals surface area contributed by atoms with E-state index in [1.807, 2.05) is 11.0 Å². The molecule has 0 aliphatic carbocycles. The van der Waals surface area contributed by atoms with E-state index in [2.05, 4.69) is 24.3 Å². The average molecular weight is 328 g/mol. The number of nitrogens with zero attached hydrogens (tertiary/aromatic N) is 2. The summed E-state index contributed by atoms with van der Waals surface area (Å²) in [6.07, 6.45) is 5.30. The quantitative estimate of drug-likeness (QED) is 0.923. The molecule has 3 rings (SSSR count). The molecule has 2 bridgehead atoms. The zero-order chi connectivity index (χ0) is 14.8. The molecule has 2 unspecified atom stereocenters. The van der Waals surface area contributed by atoms with Crippen molar-refractivity contribution in [3.05, 3.63) is 17.5 Å². The number of rotatable bonds is 4. The molecule has 6 heteroatoms. The molecule has 0 aromatic carbocycles. The molecule has 0 radical (unpaired) electrons. The highest BCUT2D eigenvalue weighted by Crippen LogP contribution is 2.30. The van der Waals surface area contributed by atoms with Gasteiger partial charge in [-0.3, -0.25) is 4.79 Å². The molecule has 5 nitrogen and oxygen atoms in total. The molecule has 22 heavy (non-hydrogen) atoms. The van der Waals surface area contributed by atoms with Crippen LogP contribution in [0, 0.1) is 0 Å². The molecule has 3 heterocycles. The molecule has 0 spiro atoms. The van der Waals surface area contributed by atoms with Gasteiger partial charge in [0.15, 0.2) is 0 Å². The number of hydrogen-bond donors (Lipinski definition) is 1. The molecule has 1 aromatic rings. The van der Waals surface area contributed by atoms with Crippen LogP contribution >= 0.6 is 12.4 Å². The van der Waals surface area contributed by atoms with Crippen LogP contribution in [0.25, 0.3) is 0 Å². The number of nitrogens with one attached hydrogen (secondary N) is 1. The summed E-state index contributed by atoms with van der Waals surface area (Å²) in [5.74, 6) is 0.824. The summed E-state index contributed by atoms with van der Waals surface area (Å²) in [6, 6.07) is 2.53. The Balaban J connectivity index is 0.00000176. The summed E-state index contributed by atoms with van der Waals surface area (Å²) in [5.41, 5.74) is 0.920. The van der Waals surface area contributed by atoms with Crippen LogP contribution in [0.4, 0.5) is 0 Å². The predicted octanol–water partition coefficient (Wildman–Crippen LogP) is 2.97. The Morgan fingerprint density at radius 2 is 2.09 bits per heavy atom. The number of carbonyl (C=O) groups excluding carboxylic acids is 1. The van der Waals surface area contributed by atoms with E-state index in [-0.39, 0.29) is 18.3 Å². The minimum absolute atomic E-state index is 0. The van der Waals surface area contributed by atoms with Gasteiger partial charge in [-0.1, -0.05) is 19.0 Å². The third-order valence-electron chi connectivity index (χ3n) is 5.03. The Labute approximate surface area is 138 Å². The van der Waals surface area contributed by atoms with Crippen molar-refractivity contribution in [2.75, 3.05) is 13.1 Å². The van der Waals surface area contributed by atoms with Crippen molar-refractivity contribution in [3.8, 4) is 0 Å². The van der Waals surface area contributed by atoms with E-state index < -0.39 is 0 Å². The first-order valence-corrected chi connectivity index (χ1v) is 8.24. The van der Waals surface area contributed by atoms with Gasteiger partial charge in [-0.15, -0.1) is 12.4 Å². The van der Waals surface area contributed by atoms with Crippen molar-refractivity contribution >= 4 is 18.3 Å². The zero-order valence-corrected chi connectivity index (χ0v) is 14.2. The molecule has 1 N–H and O–H groups in total. The van der Waals surface area contributed by atoms with E-state index in [4.69, 9.17) is 4.52 Å². The summed E-state index contributed by atoms with van der Waals surface area (Å²) in [4.78, 5) is 14.8. The second-order valence-electron chi connectivity index (χ2n) is 6.22. The van der Waals surface area contributed by atoms with E-state index >= 15 is 0 Å². The zero-order valence-electron chi connectivity index (χ0n) is 13.4. The molecule has 1 amide bonds. The monoisotopic (exact) mass is 327 g/mol. The van der Waals surface area contributed by atoms with Crippen LogP contribution in [0.1, 0.15) is 68.1 Å². The minimum atomic E-state index is 0. The van der Waals surface area contributed by atoms with Crippen LogP contribution in [0.5, 0.6) is 0 Å². The molecular weight excluding hydrogens is 302 g/mol. The Hall–Kier alpha value is -1.07. The van der Waals surface area contributed by atoms with Crippen molar-refractivity contribution in [1.29, 1.82) is 0 Å². The normalized spacial score (nSPS) is 24.2. The van der Waals surface area contributed by atoms with Crippen LogP contribution in [0.3, 0.4) is 0 Å². The number of hydrogen-bond acceptors (Lipinski definition) is 4. The number of halogens is 1. The van der Waals surface area contributed by atoms with Gasteiger partial charge in [0.05, 0.1) is 5.69 Å². The third-order valence-corrected chi connectivity index (χ3v) is 5.03. The van der Waals surface area contributed by atoms with Crippen LogP contribution in [-0.4, -0.2) is 41.1 Å². The van der Waals surface area contributed by atoms with Crippen molar-refractivity contribution < 1.29 is 9.32 Å². The lowest BCUT2D eigenvalue weighted by Gasteiger charge is -2.26. The lowest BCUT2D eigenvalue weighted by Crippen LogP contribution is -2.42. The fourth-order valence-corrected chi connectivity index (χ4v) is 3.73. The first-order chi connectivity index (χ1) is 10.2. The van der Waals surface area contributed by atoms with Gasteiger partial charge in [-0.2, -0.15) is 0 Å². The summed E-state index contributed by atoms with van der Waals surface area (Å²) < 4.78 is 5.37. The second-order valence-corrected chi connectivity index (χ2v) is 6.22. The molecule has 2 atom stereocenters. The van der Waals surface area contributed by atoms with Gasteiger partial charge < -0.3 is 14.7 Å². The van der Waals surface area contributed by atoms with Crippen molar-refractivity contribution in [2.45, 2.75) is 64.0 Å². The highest BCUT2D eigenvalue weighted by Gasteiger charge is 2.39. The van der Waals surface area contributed by atoms with Gasteiger partial charge in [0, 0.05) is 30.6 Å². The molecule has 2 saturated heterocycles. The van der Waals surface area contributed by atoms with Gasteiger partial charge in [-0.25, -0.2) is 0 Å². The van der Waals surface area contributed by atoms with Crippen molar-refractivity contribution in [1.82, 2.24) is 15.4 Å². The fraction of sp³-hybridized carbons (Fsp3) is 0.750. The van der Waals surface area contributed by atoms with Crippen LogP contribution in [-0.2, 0) is 0 Å². The third kappa shape index (κ3) is 3.15. The van der Waals surface area contributed by atoms with Crippen LogP contribution in [0.2, 0.25) is 0 Å². The maximum absolute atomic E-state index is 12.8. The minimum Gasteiger partial charge on any atom is -0.351 e. The highest BCUT2D eigenvalue weighted by molar-refractivity contribution is 5.92. The summed E-state index contributed by atoms with van der Waals surface area (Å²) in [7, 11) is 0. The Bertz CT molecular complexity index is 487. The first kappa shape index (κ1) is 17.3. The van der Waals surface area contributed by atoms with Crippen LogP contribution in [0.15, 0.2) is 10.6 Å². The van der Waals surface area contributed by atoms with Gasteiger partial charge in [0.1, 0.15) is 0 Å². The number of carbonyl (C=O) groups is 1. The Morgan fingerprint density at radius 1 is 1.36 bits per heavy atom. The molecule has 2 aliphatic heterocycles. The van der Waals surface area contributed by atoms with E-state index in [1.54, 1.807) is 0 Å². The lowest BCUT2D eigenvalue weighted by molar-refractivity contribution is 0.0637. The summed E-state index contributed by atoms with van der Waals surface area (Å²) in [5, 5.41) is 7.55. The van der Waals surface area contributed by atoms with E-state index in [0.717, 1.165) is 50.9 Å². The largest absolute Gasteiger partial charge is 0.351 e. The SMILES string of the molecule is CCC(CC)c1cc(C(=O)N2C3CCNCC2CC3)on1.Cl. The second kappa shape index (κ2) is 7.47. The molecule has 0 saturated carbocycles. The lowest BCUT2D eigenvalue weighted by atomic mass is 9.99. The van der Waals surface area contributed by atoms with Gasteiger partial charge in [0.2, 0.25) is 5.76 Å². The van der Waals surface area contributed by atoms with Crippen molar-refractivity contribution in [3.63, 3.8) is 0 Å². The summed E-state index contributed by atoms with van der Waals surface area (Å²) in [6.45, 7) is 6.19. The standard InChI is InChI=1S/C16H25N3O2.ClH/c1-3-11(4-2)14-9-15(21-18-14)16(20)19-12-5-6-13(19)10-17-8-7-12;/h9,11-13,17H,3-8,10H2,1-2H3;1H. The maximum Gasteiger partial charge on any atom is 0.293 e. The topological polar surface area (TPSA) is 58.4 Å². The molecule has 124 valence electrons. The smallest absolute Gasteiger partial charge is 0.293 e. The van der Waals surface area contributed by atoms with E-state index in [9.17, 15) is 4.79 Å². The Kier molecular flexibility index (Phi) is 5.87. The van der Waals surface area contributed by atoms with Crippen molar-refractivity contribution in [2.24, 2.45) is 0 Å². The maximum atomic E-state index is 12.8. The first-order valence-electron chi connectivity index (χ1n) is 8.24. The average Bonchev–Trinajstić information content (AvgIpc) is 3.04. The molecular formula is C16H26ClN3O2. The molecule has 2 fully saturated rings. The van der Waals surface area contributed by atoms with Crippen LogP contribution < -0.4 is 5.32 Å². The number of amides is 1. The predicted molar refractivity (Wildman–Crippen MR) is 87.5 cm³/mol. The van der Waals surface area contributed by atoms with E-state index in [0.29, 0.717) is 23.8 Å². The summed E-state index contributed by atoms with van der Waals surface area (Å²) >= 11 is 0. The molecule has 2 aliphatic rings. The number of aromatic nitrogens is 1. The fourth-order valence-electron chi connectivity index (χ4n) is 3.73. The van der Waals surface area contributed by atoms with Gasteiger partial charge in [-0.05, 0) is 38.6 Å². The molecule has 1 aromatic heterocycles. The number of fused-ring (bicyclic) bond motifs is 2. The van der Waals surface area contributed by atoms with Gasteiger partial charge >= 0.3 is 0 Å². The Morgan fingerprint density at radius 3 is 2.82 bits per heavy atom. The highest BCUT2D eigenvalue weighted by atomic mass is 35.5. The van der Waals surface area contributed by atoms with E-state index in [1.165, 1.54) is 0 Å².